The summed E-state index contributed by atoms with van der Waals surface area (Å²) in [6.45, 7) is 0. The van der Waals surface area contributed by atoms with E-state index in [1.807, 2.05) is 0 Å². The molecule has 2 amide bonds. The maximum Gasteiger partial charge on any atom is 0.326 e. The molecule has 0 spiro atoms. The SMILES string of the molecule is NC(=O)CCC(NC(=O)C(N)Cc1ccc(O)cc1)C(=O)O. The number of nitrogens with one attached hydrogen (secondary N) is 1. The molecule has 8 nitrogen and oxygen atoms in total. The van der Waals surface area contributed by atoms with Crippen molar-refractivity contribution in [1.29, 1.82) is 0 Å². The molecule has 0 saturated heterocycles. The number of carbonyl (C=O) groups excluding carboxylic acids is 2. The van der Waals surface area contributed by atoms with Gasteiger partial charge in [0.05, 0.1) is 6.04 Å². The Balaban J connectivity index is 2.58. The second-order valence-electron chi connectivity index (χ2n) is 4.88. The van der Waals surface area contributed by atoms with E-state index < -0.39 is 29.9 Å². The van der Waals surface area contributed by atoms with E-state index in [1.165, 1.54) is 12.1 Å². The van der Waals surface area contributed by atoms with Crippen LogP contribution in [0.5, 0.6) is 5.75 Å². The third-order valence-corrected chi connectivity index (χ3v) is 3.02. The minimum Gasteiger partial charge on any atom is -0.508 e. The van der Waals surface area contributed by atoms with Gasteiger partial charge in [0.1, 0.15) is 11.8 Å². The Hall–Kier alpha value is -2.61. The van der Waals surface area contributed by atoms with Crippen LogP contribution in [0.15, 0.2) is 24.3 Å². The second kappa shape index (κ2) is 7.99. The molecule has 1 rings (SSSR count). The van der Waals surface area contributed by atoms with E-state index in [2.05, 4.69) is 5.32 Å². The van der Waals surface area contributed by atoms with Crippen LogP contribution in [0, 0.1) is 0 Å². The van der Waals surface area contributed by atoms with E-state index in [0.29, 0.717) is 0 Å². The number of rotatable bonds is 8. The van der Waals surface area contributed by atoms with E-state index in [9.17, 15) is 19.5 Å². The first-order chi connectivity index (χ1) is 10.3. The third kappa shape index (κ3) is 5.80. The summed E-state index contributed by atoms with van der Waals surface area (Å²) in [5.41, 5.74) is 11.4. The average Bonchev–Trinajstić information content (AvgIpc) is 2.44. The number of aliphatic carboxylic acids is 1. The first-order valence-electron chi connectivity index (χ1n) is 6.64. The minimum atomic E-state index is -1.26. The molecule has 0 radical (unpaired) electrons. The molecule has 0 saturated carbocycles. The predicted octanol–water partition coefficient (Wildman–Crippen LogP) is -0.903. The molecule has 1 aromatic carbocycles. The molecule has 0 aromatic heterocycles. The van der Waals surface area contributed by atoms with Gasteiger partial charge in [-0.1, -0.05) is 12.1 Å². The third-order valence-electron chi connectivity index (χ3n) is 3.02. The van der Waals surface area contributed by atoms with Crippen LogP contribution < -0.4 is 16.8 Å². The maximum atomic E-state index is 11.9. The highest BCUT2D eigenvalue weighted by atomic mass is 16.4. The van der Waals surface area contributed by atoms with Crippen molar-refractivity contribution in [2.75, 3.05) is 0 Å². The molecular weight excluding hydrogens is 290 g/mol. The van der Waals surface area contributed by atoms with Crippen molar-refractivity contribution in [2.24, 2.45) is 11.5 Å². The number of phenols is 1. The molecule has 0 fully saturated rings. The van der Waals surface area contributed by atoms with Crippen molar-refractivity contribution in [3.05, 3.63) is 29.8 Å². The number of nitrogens with two attached hydrogens (primary N) is 2. The van der Waals surface area contributed by atoms with E-state index in [1.54, 1.807) is 12.1 Å². The standard InChI is InChI=1S/C14H19N3O5/c15-10(7-8-1-3-9(18)4-2-8)13(20)17-11(14(21)22)5-6-12(16)19/h1-4,10-11,18H,5-7,15H2,(H2,16,19)(H,17,20)(H,21,22). The fraction of sp³-hybridized carbons (Fsp3) is 0.357. The van der Waals surface area contributed by atoms with Gasteiger partial charge >= 0.3 is 5.97 Å². The summed E-state index contributed by atoms with van der Waals surface area (Å²) < 4.78 is 0. The molecule has 2 unspecified atom stereocenters. The van der Waals surface area contributed by atoms with Gasteiger partial charge in [-0.25, -0.2) is 4.79 Å². The van der Waals surface area contributed by atoms with Gasteiger partial charge in [0.15, 0.2) is 0 Å². The number of phenolic OH excluding ortho intramolecular Hbond substituents is 1. The van der Waals surface area contributed by atoms with Crippen LogP contribution in [-0.2, 0) is 20.8 Å². The average molecular weight is 309 g/mol. The zero-order valence-corrected chi connectivity index (χ0v) is 11.9. The summed E-state index contributed by atoms with van der Waals surface area (Å²) in [6, 6.07) is 4.00. The number of amides is 2. The number of hydrogen-bond donors (Lipinski definition) is 5. The Kier molecular flexibility index (Phi) is 6.33. The lowest BCUT2D eigenvalue weighted by atomic mass is 10.0. The Labute approximate surface area is 127 Å². The predicted molar refractivity (Wildman–Crippen MR) is 77.8 cm³/mol. The summed E-state index contributed by atoms with van der Waals surface area (Å²) in [5.74, 6) is -2.44. The molecule has 7 N–H and O–H groups in total. The first kappa shape index (κ1) is 17.4. The van der Waals surface area contributed by atoms with Crippen molar-refractivity contribution in [1.82, 2.24) is 5.32 Å². The van der Waals surface area contributed by atoms with Crippen molar-refractivity contribution in [3.8, 4) is 5.75 Å². The zero-order valence-electron chi connectivity index (χ0n) is 11.9. The normalized spacial score (nSPS) is 13.1. The van der Waals surface area contributed by atoms with Gasteiger partial charge in [0.2, 0.25) is 11.8 Å². The molecule has 2 atom stereocenters. The van der Waals surface area contributed by atoms with Crippen molar-refractivity contribution in [3.63, 3.8) is 0 Å². The van der Waals surface area contributed by atoms with Gasteiger partial charge < -0.3 is 27.0 Å². The maximum absolute atomic E-state index is 11.9. The Morgan fingerprint density at radius 1 is 1.18 bits per heavy atom. The van der Waals surface area contributed by atoms with Crippen LogP contribution >= 0.6 is 0 Å². The lowest BCUT2D eigenvalue weighted by molar-refractivity contribution is -0.142. The van der Waals surface area contributed by atoms with Crippen molar-refractivity contribution >= 4 is 17.8 Å². The fourth-order valence-electron chi connectivity index (χ4n) is 1.80. The number of carboxylic acids is 1. The van der Waals surface area contributed by atoms with E-state index in [4.69, 9.17) is 16.6 Å². The smallest absolute Gasteiger partial charge is 0.326 e. The highest BCUT2D eigenvalue weighted by molar-refractivity contribution is 5.87. The molecule has 0 aliphatic heterocycles. The molecule has 120 valence electrons. The number of benzene rings is 1. The lowest BCUT2D eigenvalue weighted by Gasteiger charge is -2.17. The summed E-state index contributed by atoms with van der Waals surface area (Å²) in [5, 5.41) is 20.5. The van der Waals surface area contributed by atoms with E-state index in [-0.39, 0.29) is 25.0 Å². The molecule has 22 heavy (non-hydrogen) atoms. The summed E-state index contributed by atoms with van der Waals surface area (Å²) in [4.78, 5) is 33.6. The Morgan fingerprint density at radius 3 is 2.27 bits per heavy atom. The van der Waals surface area contributed by atoms with Gasteiger partial charge in [-0.05, 0) is 30.5 Å². The quantitative estimate of drug-likeness (QED) is 0.419. The fourth-order valence-corrected chi connectivity index (χ4v) is 1.80. The van der Waals surface area contributed by atoms with Gasteiger partial charge in [-0.15, -0.1) is 0 Å². The first-order valence-corrected chi connectivity index (χ1v) is 6.64. The number of carbonyl (C=O) groups is 3. The number of primary amides is 1. The molecule has 0 aliphatic rings. The van der Waals surface area contributed by atoms with Crippen LogP contribution in [-0.4, -0.2) is 40.1 Å². The topological polar surface area (TPSA) is 156 Å². The molecular formula is C14H19N3O5. The van der Waals surface area contributed by atoms with Gasteiger partial charge in [0, 0.05) is 6.42 Å². The molecule has 8 heteroatoms. The zero-order chi connectivity index (χ0) is 16.7. The Bertz CT molecular complexity index is 544. The minimum absolute atomic E-state index is 0.0949. The van der Waals surface area contributed by atoms with E-state index in [0.717, 1.165) is 5.56 Å². The molecule has 0 bridgehead atoms. The summed E-state index contributed by atoms with van der Waals surface area (Å²) in [6.07, 6.45) is -0.0545. The molecule has 0 heterocycles. The summed E-state index contributed by atoms with van der Waals surface area (Å²) >= 11 is 0. The molecule has 0 aliphatic carbocycles. The van der Waals surface area contributed by atoms with Gasteiger partial charge in [-0.2, -0.15) is 0 Å². The second-order valence-corrected chi connectivity index (χ2v) is 4.88. The number of aromatic hydroxyl groups is 1. The van der Waals surface area contributed by atoms with Gasteiger partial charge in [0.25, 0.3) is 0 Å². The van der Waals surface area contributed by atoms with E-state index >= 15 is 0 Å². The van der Waals surface area contributed by atoms with Crippen LogP contribution in [0.25, 0.3) is 0 Å². The highest BCUT2D eigenvalue weighted by Gasteiger charge is 2.23. The van der Waals surface area contributed by atoms with Gasteiger partial charge in [-0.3, -0.25) is 9.59 Å². The molecule has 1 aromatic rings. The largest absolute Gasteiger partial charge is 0.508 e. The van der Waals surface area contributed by atoms with Crippen LogP contribution in [0.4, 0.5) is 0 Å². The lowest BCUT2D eigenvalue weighted by Crippen LogP contribution is -2.49. The number of carboxylic acid groups (broad SMARTS) is 1. The van der Waals surface area contributed by atoms with Crippen LogP contribution in [0.3, 0.4) is 0 Å². The summed E-state index contributed by atoms with van der Waals surface area (Å²) in [7, 11) is 0. The monoisotopic (exact) mass is 309 g/mol. The van der Waals surface area contributed by atoms with Crippen LogP contribution in [0.1, 0.15) is 18.4 Å². The van der Waals surface area contributed by atoms with Crippen molar-refractivity contribution < 1.29 is 24.6 Å². The van der Waals surface area contributed by atoms with Crippen molar-refractivity contribution in [2.45, 2.75) is 31.3 Å². The number of hydrogen-bond acceptors (Lipinski definition) is 5. The Morgan fingerprint density at radius 2 is 1.77 bits per heavy atom. The highest BCUT2D eigenvalue weighted by Crippen LogP contribution is 2.11. The van der Waals surface area contributed by atoms with Crippen LogP contribution in [0.2, 0.25) is 0 Å².